The summed E-state index contributed by atoms with van der Waals surface area (Å²) in [4.78, 5) is 23.7. The summed E-state index contributed by atoms with van der Waals surface area (Å²) in [6.45, 7) is 2.21. The number of nitrogens with one attached hydrogen (secondary N) is 1. The number of carbonyl (C=O) groups is 1. The van der Waals surface area contributed by atoms with Crippen LogP contribution in [0.3, 0.4) is 0 Å². The van der Waals surface area contributed by atoms with Gasteiger partial charge in [0, 0.05) is 11.3 Å². The number of fused-ring (bicyclic) bond motifs is 3. The monoisotopic (exact) mass is 417 g/mol. The minimum atomic E-state index is -0.268. The van der Waals surface area contributed by atoms with Crippen LogP contribution in [0.4, 0.5) is 0 Å². The average Bonchev–Trinajstić information content (AvgIpc) is 3.36. The van der Waals surface area contributed by atoms with Crippen LogP contribution >= 0.6 is 11.3 Å². The number of aryl methyl sites for hydroxylation is 3. The van der Waals surface area contributed by atoms with Gasteiger partial charge in [-0.1, -0.05) is 30.3 Å². The third kappa shape index (κ3) is 3.75. The molecule has 1 N–H and O–H groups in total. The van der Waals surface area contributed by atoms with Gasteiger partial charge in [-0.3, -0.25) is 4.79 Å². The van der Waals surface area contributed by atoms with E-state index in [1.807, 2.05) is 48.6 Å². The van der Waals surface area contributed by atoms with Crippen molar-refractivity contribution in [3.05, 3.63) is 81.5 Å². The van der Waals surface area contributed by atoms with Crippen molar-refractivity contribution in [3.63, 3.8) is 0 Å². The maximum atomic E-state index is 12.9. The molecule has 0 atom stereocenters. The maximum Gasteiger partial charge on any atom is 0.289 e. The Hall–Kier alpha value is -2.99. The number of rotatable bonds is 5. The Kier molecular flexibility index (Phi) is 5.09. The summed E-state index contributed by atoms with van der Waals surface area (Å²) in [5.41, 5.74) is 4.40. The van der Waals surface area contributed by atoms with Gasteiger partial charge in [0.25, 0.3) is 5.91 Å². The summed E-state index contributed by atoms with van der Waals surface area (Å²) in [6, 6.07) is 14.0. The molecule has 0 bridgehead atoms. The van der Waals surface area contributed by atoms with Crippen molar-refractivity contribution in [2.24, 2.45) is 0 Å². The number of benzene rings is 1. The van der Waals surface area contributed by atoms with E-state index in [2.05, 4.69) is 17.4 Å². The van der Waals surface area contributed by atoms with E-state index in [4.69, 9.17) is 14.4 Å². The lowest BCUT2D eigenvalue weighted by Crippen LogP contribution is -2.25. The van der Waals surface area contributed by atoms with E-state index in [0.717, 1.165) is 40.3 Å². The number of hydrogen-bond acceptors (Lipinski definition) is 5. The Labute approximate surface area is 179 Å². The summed E-state index contributed by atoms with van der Waals surface area (Å²) < 4.78 is 6.68. The summed E-state index contributed by atoms with van der Waals surface area (Å²) in [6.07, 6.45) is 5.22. The molecule has 1 aromatic carbocycles. The Morgan fingerprint density at radius 1 is 1.10 bits per heavy atom. The van der Waals surface area contributed by atoms with E-state index in [1.165, 1.54) is 28.8 Å². The molecule has 3 heterocycles. The van der Waals surface area contributed by atoms with Gasteiger partial charge < -0.3 is 9.73 Å². The lowest BCUT2D eigenvalue weighted by molar-refractivity contribution is 0.0937. The lowest BCUT2D eigenvalue weighted by Gasteiger charge is -2.10. The largest absolute Gasteiger partial charge is 0.465 e. The normalized spacial score (nSPS) is 13.4. The molecule has 1 amide bonds. The molecular formula is C24H23N3O2S. The highest BCUT2D eigenvalue weighted by atomic mass is 32.1. The van der Waals surface area contributed by atoms with E-state index in [9.17, 15) is 4.79 Å². The lowest BCUT2D eigenvalue weighted by atomic mass is 9.98. The zero-order valence-corrected chi connectivity index (χ0v) is 17.7. The quantitative estimate of drug-likeness (QED) is 0.497. The molecule has 0 saturated carbocycles. The molecule has 0 aliphatic heterocycles. The number of carbonyl (C=O) groups excluding carboxylic acids is 1. The van der Waals surface area contributed by atoms with Crippen LogP contribution in [0, 0.1) is 6.92 Å². The predicted molar refractivity (Wildman–Crippen MR) is 118 cm³/mol. The van der Waals surface area contributed by atoms with Crippen LogP contribution in [0.15, 0.2) is 46.9 Å². The Bertz CT molecular complexity index is 1210. The zero-order valence-electron chi connectivity index (χ0n) is 16.9. The first-order valence-electron chi connectivity index (χ1n) is 10.4. The van der Waals surface area contributed by atoms with Crippen LogP contribution < -0.4 is 5.32 Å². The van der Waals surface area contributed by atoms with Gasteiger partial charge in [0.1, 0.15) is 11.5 Å². The summed E-state index contributed by atoms with van der Waals surface area (Å²) >= 11 is 1.81. The van der Waals surface area contributed by atoms with Gasteiger partial charge in [-0.15, -0.1) is 11.3 Å². The van der Waals surface area contributed by atoms with Crippen molar-refractivity contribution in [1.82, 2.24) is 15.3 Å². The molecule has 1 aliphatic rings. The maximum absolute atomic E-state index is 12.9. The van der Waals surface area contributed by atoms with E-state index < -0.39 is 0 Å². The molecule has 152 valence electrons. The molecule has 0 fully saturated rings. The van der Waals surface area contributed by atoms with E-state index in [0.29, 0.717) is 13.0 Å². The van der Waals surface area contributed by atoms with Crippen molar-refractivity contribution in [2.75, 3.05) is 0 Å². The fraction of sp³-hybridized carbons (Fsp3) is 0.292. The highest BCUT2D eigenvalue weighted by molar-refractivity contribution is 7.19. The zero-order chi connectivity index (χ0) is 20.5. The molecule has 5 nitrogen and oxygen atoms in total. The molecule has 3 aromatic heterocycles. The molecule has 30 heavy (non-hydrogen) atoms. The number of amides is 1. The molecule has 5 rings (SSSR count). The van der Waals surface area contributed by atoms with Crippen molar-refractivity contribution in [3.8, 4) is 0 Å². The second-order valence-electron chi connectivity index (χ2n) is 7.74. The first-order chi connectivity index (χ1) is 14.7. The van der Waals surface area contributed by atoms with Crippen LogP contribution in [-0.4, -0.2) is 15.9 Å². The summed E-state index contributed by atoms with van der Waals surface area (Å²) in [5.74, 6) is 1.52. The molecule has 0 unspecified atom stereocenters. The van der Waals surface area contributed by atoms with Gasteiger partial charge in [0.2, 0.25) is 5.82 Å². The fourth-order valence-electron chi connectivity index (χ4n) is 4.01. The van der Waals surface area contributed by atoms with E-state index in [1.54, 1.807) is 0 Å². The van der Waals surface area contributed by atoms with Crippen LogP contribution in [-0.2, 0) is 25.8 Å². The highest BCUT2D eigenvalue weighted by Crippen LogP contribution is 2.37. The van der Waals surface area contributed by atoms with Crippen LogP contribution in [0.5, 0.6) is 0 Å². The fourth-order valence-corrected chi connectivity index (χ4v) is 5.33. The van der Waals surface area contributed by atoms with Gasteiger partial charge in [-0.2, -0.15) is 0 Å². The first-order valence-corrected chi connectivity index (χ1v) is 11.2. The van der Waals surface area contributed by atoms with Crippen molar-refractivity contribution in [1.29, 1.82) is 0 Å². The van der Waals surface area contributed by atoms with Crippen LogP contribution in [0.25, 0.3) is 10.2 Å². The summed E-state index contributed by atoms with van der Waals surface area (Å²) in [7, 11) is 0. The van der Waals surface area contributed by atoms with Gasteiger partial charge in [0.15, 0.2) is 0 Å². The Morgan fingerprint density at radius 2 is 1.93 bits per heavy atom. The van der Waals surface area contributed by atoms with Gasteiger partial charge in [-0.05, 0) is 55.9 Å². The smallest absolute Gasteiger partial charge is 0.289 e. The number of aromatic nitrogens is 2. The van der Waals surface area contributed by atoms with Crippen molar-refractivity contribution in [2.45, 2.75) is 45.6 Å². The Balaban J connectivity index is 1.51. The molecule has 0 radical (unpaired) electrons. The van der Waals surface area contributed by atoms with Gasteiger partial charge in [0.05, 0.1) is 22.5 Å². The molecular weight excluding hydrogens is 394 g/mol. The number of furan rings is 1. The predicted octanol–water partition coefficient (Wildman–Crippen LogP) is 4.99. The second kappa shape index (κ2) is 8.03. The van der Waals surface area contributed by atoms with Crippen molar-refractivity contribution >= 4 is 27.5 Å². The van der Waals surface area contributed by atoms with Crippen LogP contribution in [0.2, 0.25) is 0 Å². The molecule has 6 heteroatoms. The third-order valence-electron chi connectivity index (χ3n) is 5.50. The molecule has 4 aromatic rings. The van der Waals surface area contributed by atoms with E-state index >= 15 is 0 Å². The first kappa shape index (κ1) is 19.0. The summed E-state index contributed by atoms with van der Waals surface area (Å²) in [5, 5.41) is 2.90. The highest BCUT2D eigenvalue weighted by Gasteiger charge is 2.22. The third-order valence-corrected chi connectivity index (χ3v) is 6.83. The minimum absolute atomic E-state index is 0.239. The Morgan fingerprint density at radius 3 is 2.73 bits per heavy atom. The van der Waals surface area contributed by atoms with Gasteiger partial charge >= 0.3 is 0 Å². The van der Waals surface area contributed by atoms with Gasteiger partial charge in [-0.25, -0.2) is 9.97 Å². The minimum Gasteiger partial charge on any atom is -0.465 e. The second-order valence-corrected chi connectivity index (χ2v) is 8.85. The standard InChI is InChI=1S/C24H23N3O2S/c1-15-11-12-17(29-15)14-25-24(28)23-26-19(13-16-7-3-2-4-8-16)22-21(27-23)18-9-5-6-10-20(18)30-22/h2-4,7-8,11-12H,5-6,9-10,13-14H2,1H3,(H,25,28). The van der Waals surface area contributed by atoms with Crippen LogP contribution in [0.1, 0.15) is 56.7 Å². The number of hydrogen-bond donors (Lipinski definition) is 1. The van der Waals surface area contributed by atoms with E-state index in [-0.39, 0.29) is 11.7 Å². The molecule has 0 spiro atoms. The number of thiophene rings is 1. The average molecular weight is 418 g/mol. The topological polar surface area (TPSA) is 68.0 Å². The SMILES string of the molecule is Cc1ccc(CNC(=O)c2nc(Cc3ccccc3)c3sc4c(c3n2)CCCC4)o1. The van der Waals surface area contributed by atoms with Crippen molar-refractivity contribution < 1.29 is 9.21 Å². The number of nitrogens with zero attached hydrogens (tertiary/aromatic N) is 2. The molecule has 0 saturated heterocycles. The molecule has 1 aliphatic carbocycles.